The largest absolute Gasteiger partial charge is 0.337 e. The average Bonchev–Trinajstić information content (AvgIpc) is 2.58. The molecule has 5 nitrogen and oxygen atoms in total. The number of benzene rings is 2. The molecule has 3 rings (SSSR count). The van der Waals surface area contributed by atoms with E-state index >= 15 is 0 Å². The maximum Gasteiger partial charge on any atom is 0.253 e. The number of nitrogens with one attached hydrogen (secondary N) is 1. The second-order valence-electron chi connectivity index (χ2n) is 5.95. The van der Waals surface area contributed by atoms with E-state index in [0.717, 1.165) is 22.2 Å². The van der Waals surface area contributed by atoms with Crippen molar-refractivity contribution >= 4 is 16.8 Å². The van der Waals surface area contributed by atoms with Gasteiger partial charge in [0.15, 0.2) is 5.43 Å². The highest BCUT2D eigenvalue weighted by molar-refractivity contribution is 5.86. The first kappa shape index (κ1) is 16.0. The van der Waals surface area contributed by atoms with E-state index in [0.29, 0.717) is 10.9 Å². The van der Waals surface area contributed by atoms with Crippen LogP contribution in [0.1, 0.15) is 11.1 Å². The number of carbonyl (C=O) groups is 1. The third kappa shape index (κ3) is 2.94. The van der Waals surface area contributed by atoms with Crippen molar-refractivity contribution < 1.29 is 4.79 Å². The second kappa shape index (κ2) is 6.29. The number of amides is 1. The van der Waals surface area contributed by atoms with E-state index in [2.05, 4.69) is 5.43 Å². The molecule has 3 N–H and O–H groups in total. The number of pyridine rings is 1. The Morgan fingerprint density at radius 3 is 2.42 bits per heavy atom. The van der Waals surface area contributed by atoms with Gasteiger partial charge in [-0.3, -0.25) is 15.0 Å². The third-order valence-electron chi connectivity index (χ3n) is 4.07. The number of rotatable bonds is 3. The first-order valence-corrected chi connectivity index (χ1v) is 7.70. The number of hydrogen-bond acceptors (Lipinski definition) is 3. The van der Waals surface area contributed by atoms with Gasteiger partial charge in [0.1, 0.15) is 6.54 Å². The van der Waals surface area contributed by atoms with Gasteiger partial charge in [-0.25, -0.2) is 5.84 Å². The minimum absolute atomic E-state index is 0.0433. The SMILES string of the molecule is Cc1ccc(-c2cn(CC(=O)NN)c3cc(C)ccc3c2=O)cc1. The van der Waals surface area contributed by atoms with Crippen LogP contribution in [0.2, 0.25) is 0 Å². The van der Waals surface area contributed by atoms with Gasteiger partial charge in [0.05, 0.1) is 5.52 Å². The number of hydrogen-bond donors (Lipinski definition) is 2. The van der Waals surface area contributed by atoms with Crippen LogP contribution in [0.15, 0.2) is 53.5 Å². The molecule has 0 fully saturated rings. The molecular weight excluding hydrogens is 302 g/mol. The molecule has 122 valence electrons. The Labute approximate surface area is 139 Å². The van der Waals surface area contributed by atoms with Gasteiger partial charge in [0.25, 0.3) is 5.91 Å². The van der Waals surface area contributed by atoms with Gasteiger partial charge >= 0.3 is 0 Å². The summed E-state index contributed by atoms with van der Waals surface area (Å²) in [5.74, 6) is 4.89. The maximum atomic E-state index is 12.9. The molecule has 2 aromatic carbocycles. The van der Waals surface area contributed by atoms with Crippen molar-refractivity contribution in [2.75, 3.05) is 0 Å². The van der Waals surface area contributed by atoms with E-state index in [9.17, 15) is 9.59 Å². The van der Waals surface area contributed by atoms with Gasteiger partial charge in [0.2, 0.25) is 0 Å². The zero-order valence-corrected chi connectivity index (χ0v) is 13.7. The minimum Gasteiger partial charge on any atom is -0.337 e. The molecule has 0 spiro atoms. The molecule has 0 unspecified atom stereocenters. The lowest BCUT2D eigenvalue weighted by Gasteiger charge is -2.13. The standard InChI is InChI=1S/C19H19N3O2/c1-12-3-6-14(7-4-12)16-10-22(11-18(23)21-20)17-9-13(2)5-8-15(17)19(16)24/h3-10H,11,20H2,1-2H3,(H,21,23). The number of aromatic nitrogens is 1. The summed E-state index contributed by atoms with van der Waals surface area (Å²) in [6, 6.07) is 13.4. The van der Waals surface area contributed by atoms with Crippen molar-refractivity contribution in [2.45, 2.75) is 20.4 Å². The van der Waals surface area contributed by atoms with Gasteiger partial charge in [-0.1, -0.05) is 35.9 Å². The zero-order chi connectivity index (χ0) is 17.3. The summed E-state index contributed by atoms with van der Waals surface area (Å²) < 4.78 is 1.76. The molecular formula is C19H19N3O2. The van der Waals surface area contributed by atoms with Crippen LogP contribution in [-0.2, 0) is 11.3 Å². The van der Waals surface area contributed by atoms with Crippen molar-refractivity contribution in [2.24, 2.45) is 5.84 Å². The van der Waals surface area contributed by atoms with Gasteiger partial charge < -0.3 is 4.57 Å². The molecule has 0 bridgehead atoms. The van der Waals surface area contributed by atoms with Crippen LogP contribution < -0.4 is 16.7 Å². The molecule has 0 aliphatic carbocycles. The smallest absolute Gasteiger partial charge is 0.253 e. The molecule has 0 aliphatic heterocycles. The summed E-state index contributed by atoms with van der Waals surface area (Å²) in [6.45, 7) is 4.00. The fraction of sp³-hybridized carbons (Fsp3) is 0.158. The van der Waals surface area contributed by atoms with Crippen LogP contribution in [0.3, 0.4) is 0 Å². The number of nitrogens with zero attached hydrogens (tertiary/aromatic N) is 1. The summed E-state index contributed by atoms with van der Waals surface area (Å²) in [5.41, 5.74) is 6.35. The first-order chi connectivity index (χ1) is 11.5. The molecule has 0 atom stereocenters. The molecule has 3 aromatic rings. The van der Waals surface area contributed by atoms with E-state index in [1.54, 1.807) is 10.8 Å². The Morgan fingerprint density at radius 1 is 1.08 bits per heavy atom. The van der Waals surface area contributed by atoms with Crippen LogP contribution in [0.25, 0.3) is 22.0 Å². The molecule has 1 heterocycles. The second-order valence-corrected chi connectivity index (χ2v) is 5.95. The van der Waals surface area contributed by atoms with Crippen molar-refractivity contribution in [3.8, 4) is 11.1 Å². The highest BCUT2D eigenvalue weighted by atomic mass is 16.2. The Morgan fingerprint density at radius 2 is 1.75 bits per heavy atom. The van der Waals surface area contributed by atoms with E-state index in [1.807, 2.05) is 56.3 Å². The summed E-state index contributed by atoms with van der Waals surface area (Å²) in [4.78, 5) is 24.6. The fourth-order valence-electron chi connectivity index (χ4n) is 2.77. The van der Waals surface area contributed by atoms with Crippen molar-refractivity contribution in [1.82, 2.24) is 9.99 Å². The molecule has 0 saturated heterocycles. The number of hydrazine groups is 1. The topological polar surface area (TPSA) is 77.1 Å². The van der Waals surface area contributed by atoms with Gasteiger partial charge in [0, 0.05) is 17.1 Å². The fourth-order valence-corrected chi connectivity index (χ4v) is 2.77. The Hall–Kier alpha value is -2.92. The summed E-state index contributed by atoms with van der Waals surface area (Å²) in [5, 5.41) is 0.587. The average molecular weight is 321 g/mol. The molecule has 0 saturated carbocycles. The highest BCUT2D eigenvalue weighted by Crippen LogP contribution is 2.21. The summed E-state index contributed by atoms with van der Waals surface area (Å²) in [6.07, 6.45) is 1.73. The molecule has 0 radical (unpaired) electrons. The maximum absolute atomic E-state index is 12.9. The third-order valence-corrected chi connectivity index (χ3v) is 4.07. The monoisotopic (exact) mass is 321 g/mol. The molecule has 1 aromatic heterocycles. The van der Waals surface area contributed by atoms with Crippen LogP contribution in [0.4, 0.5) is 0 Å². The van der Waals surface area contributed by atoms with E-state index < -0.39 is 0 Å². The predicted molar refractivity (Wildman–Crippen MR) is 95.4 cm³/mol. The van der Waals surface area contributed by atoms with Crippen molar-refractivity contribution in [1.29, 1.82) is 0 Å². The summed E-state index contributed by atoms with van der Waals surface area (Å²) >= 11 is 0. The summed E-state index contributed by atoms with van der Waals surface area (Å²) in [7, 11) is 0. The van der Waals surface area contributed by atoms with Gasteiger partial charge in [-0.2, -0.15) is 0 Å². The lowest BCUT2D eigenvalue weighted by molar-refractivity contribution is -0.121. The molecule has 24 heavy (non-hydrogen) atoms. The Balaban J connectivity index is 2.29. The lowest BCUT2D eigenvalue weighted by atomic mass is 10.0. The number of fused-ring (bicyclic) bond motifs is 1. The normalized spacial score (nSPS) is 10.8. The van der Waals surface area contributed by atoms with Crippen LogP contribution in [0, 0.1) is 13.8 Å². The highest BCUT2D eigenvalue weighted by Gasteiger charge is 2.12. The predicted octanol–water partition coefficient (Wildman–Crippen LogP) is 2.28. The van der Waals surface area contributed by atoms with Crippen LogP contribution in [-0.4, -0.2) is 10.5 Å². The quantitative estimate of drug-likeness (QED) is 0.441. The molecule has 0 aliphatic rings. The van der Waals surface area contributed by atoms with Crippen LogP contribution >= 0.6 is 0 Å². The van der Waals surface area contributed by atoms with Crippen molar-refractivity contribution in [3.05, 3.63) is 70.0 Å². The number of carbonyl (C=O) groups excluding carboxylic acids is 1. The molecule has 1 amide bonds. The molecule has 5 heteroatoms. The minimum atomic E-state index is -0.323. The Bertz CT molecular complexity index is 972. The number of aryl methyl sites for hydroxylation is 2. The van der Waals surface area contributed by atoms with Gasteiger partial charge in [-0.15, -0.1) is 0 Å². The van der Waals surface area contributed by atoms with E-state index in [1.165, 1.54) is 0 Å². The number of nitrogens with two attached hydrogens (primary N) is 1. The van der Waals surface area contributed by atoms with Crippen LogP contribution in [0.5, 0.6) is 0 Å². The van der Waals surface area contributed by atoms with E-state index in [-0.39, 0.29) is 17.9 Å². The van der Waals surface area contributed by atoms with E-state index in [4.69, 9.17) is 5.84 Å². The zero-order valence-electron chi connectivity index (χ0n) is 13.7. The first-order valence-electron chi connectivity index (χ1n) is 7.70. The van der Waals surface area contributed by atoms with Gasteiger partial charge in [-0.05, 0) is 37.1 Å². The Kier molecular flexibility index (Phi) is 4.18. The van der Waals surface area contributed by atoms with Crippen molar-refractivity contribution in [3.63, 3.8) is 0 Å². The lowest BCUT2D eigenvalue weighted by Crippen LogP contribution is -2.33.